The molecule has 2 aromatic rings. The predicted molar refractivity (Wildman–Crippen MR) is 99.1 cm³/mol. The Morgan fingerprint density at radius 3 is 2.48 bits per heavy atom. The molecule has 2 rings (SSSR count). The fourth-order valence-corrected chi connectivity index (χ4v) is 3.84. The molecular formula is C15H18N4O6S2. The van der Waals surface area contributed by atoms with E-state index in [9.17, 15) is 18.0 Å². The van der Waals surface area contributed by atoms with E-state index in [1.54, 1.807) is 5.38 Å². The highest BCUT2D eigenvalue weighted by atomic mass is 32.2. The van der Waals surface area contributed by atoms with E-state index in [1.807, 2.05) is 0 Å². The number of hydrogen-bond donors (Lipinski definition) is 5. The summed E-state index contributed by atoms with van der Waals surface area (Å²) in [4.78, 5) is 26.9. The SMILES string of the molecule is O=C(C[C@@H](NCCO)C(=O)O)Nc1ccc(S(=O)(=O)Nc2nccs2)cc1. The van der Waals surface area contributed by atoms with E-state index in [1.165, 1.54) is 30.5 Å². The van der Waals surface area contributed by atoms with Gasteiger partial charge in [-0.1, -0.05) is 0 Å². The smallest absolute Gasteiger partial charge is 0.321 e. The molecule has 0 radical (unpaired) electrons. The quantitative estimate of drug-likeness (QED) is 0.371. The van der Waals surface area contributed by atoms with Gasteiger partial charge in [0, 0.05) is 23.8 Å². The van der Waals surface area contributed by atoms with Gasteiger partial charge in [-0.15, -0.1) is 11.3 Å². The van der Waals surface area contributed by atoms with Crippen molar-refractivity contribution in [2.45, 2.75) is 17.4 Å². The summed E-state index contributed by atoms with van der Waals surface area (Å²) in [6.07, 6.45) is 1.13. The van der Waals surface area contributed by atoms with Crippen molar-refractivity contribution >= 4 is 44.1 Å². The third kappa shape index (κ3) is 6.29. The maximum Gasteiger partial charge on any atom is 0.321 e. The van der Waals surface area contributed by atoms with Gasteiger partial charge in [0.1, 0.15) is 6.04 Å². The molecule has 12 heteroatoms. The van der Waals surface area contributed by atoms with Gasteiger partial charge >= 0.3 is 5.97 Å². The lowest BCUT2D eigenvalue weighted by Crippen LogP contribution is -2.41. The minimum atomic E-state index is -3.80. The molecule has 0 bridgehead atoms. The topological polar surface area (TPSA) is 158 Å². The molecule has 0 saturated heterocycles. The van der Waals surface area contributed by atoms with E-state index in [4.69, 9.17) is 10.2 Å². The average Bonchev–Trinajstić information content (AvgIpc) is 3.11. The molecule has 5 N–H and O–H groups in total. The molecule has 0 aliphatic carbocycles. The molecule has 0 aliphatic heterocycles. The molecule has 1 atom stereocenters. The van der Waals surface area contributed by atoms with Crippen LogP contribution in [0.3, 0.4) is 0 Å². The largest absolute Gasteiger partial charge is 0.480 e. The molecule has 0 unspecified atom stereocenters. The maximum absolute atomic E-state index is 12.2. The van der Waals surface area contributed by atoms with Crippen LogP contribution in [-0.4, -0.2) is 54.7 Å². The number of carboxylic acid groups (broad SMARTS) is 1. The van der Waals surface area contributed by atoms with E-state index in [0.29, 0.717) is 5.69 Å². The lowest BCUT2D eigenvalue weighted by Gasteiger charge is -2.13. The number of anilines is 2. The highest BCUT2D eigenvalue weighted by molar-refractivity contribution is 7.93. The summed E-state index contributed by atoms with van der Waals surface area (Å²) in [6, 6.07) is 4.27. The van der Waals surface area contributed by atoms with Crippen LogP contribution >= 0.6 is 11.3 Å². The third-order valence-electron chi connectivity index (χ3n) is 3.29. The summed E-state index contributed by atoms with van der Waals surface area (Å²) in [5.41, 5.74) is 0.319. The number of aliphatic hydroxyl groups is 1. The zero-order valence-electron chi connectivity index (χ0n) is 14.0. The summed E-state index contributed by atoms with van der Waals surface area (Å²) in [5, 5.41) is 24.7. The number of carbonyl (C=O) groups is 2. The Kier molecular flexibility index (Phi) is 7.24. The molecule has 27 heavy (non-hydrogen) atoms. The van der Waals surface area contributed by atoms with Gasteiger partial charge in [-0.25, -0.2) is 13.4 Å². The van der Waals surface area contributed by atoms with Crippen LogP contribution in [0.15, 0.2) is 40.7 Å². The number of benzene rings is 1. The second-order valence-electron chi connectivity index (χ2n) is 5.29. The van der Waals surface area contributed by atoms with Gasteiger partial charge in [0.05, 0.1) is 17.9 Å². The van der Waals surface area contributed by atoms with Crippen molar-refractivity contribution in [3.63, 3.8) is 0 Å². The number of carboxylic acids is 1. The minimum absolute atomic E-state index is 0.0104. The molecular weight excluding hydrogens is 396 g/mol. The Bertz CT molecular complexity index is 868. The number of aliphatic carboxylic acids is 1. The van der Waals surface area contributed by atoms with Crippen molar-refractivity contribution in [3.8, 4) is 0 Å². The zero-order chi connectivity index (χ0) is 19.9. The molecule has 146 valence electrons. The summed E-state index contributed by atoms with van der Waals surface area (Å²) in [7, 11) is -3.80. The number of nitrogens with zero attached hydrogens (tertiary/aromatic N) is 1. The van der Waals surface area contributed by atoms with Gasteiger partial charge in [0.25, 0.3) is 10.0 Å². The lowest BCUT2D eigenvalue weighted by atomic mass is 10.2. The molecule has 1 heterocycles. The summed E-state index contributed by atoms with van der Waals surface area (Å²) >= 11 is 1.14. The standard InChI is InChI=1S/C15H18N4O6S2/c20-7-5-16-12(14(22)23)9-13(21)18-10-1-3-11(4-2-10)27(24,25)19-15-17-6-8-26-15/h1-4,6,8,12,16,20H,5,7,9H2,(H,17,19)(H,18,21)(H,22,23)/t12-/m1/s1. The van der Waals surface area contributed by atoms with Gasteiger partial charge < -0.3 is 20.8 Å². The van der Waals surface area contributed by atoms with Crippen molar-refractivity contribution in [2.75, 3.05) is 23.2 Å². The number of aromatic nitrogens is 1. The van der Waals surface area contributed by atoms with E-state index in [2.05, 4.69) is 20.3 Å². The number of carbonyl (C=O) groups excluding carboxylic acids is 1. The Hall–Kier alpha value is -2.54. The second kappa shape index (κ2) is 9.41. The summed E-state index contributed by atoms with van der Waals surface area (Å²) in [6.45, 7) is -0.209. The van der Waals surface area contributed by atoms with Gasteiger partial charge in [0.15, 0.2) is 5.13 Å². The first-order valence-corrected chi connectivity index (χ1v) is 10.1. The number of nitrogens with one attached hydrogen (secondary N) is 3. The molecule has 0 saturated carbocycles. The number of sulfonamides is 1. The van der Waals surface area contributed by atoms with Gasteiger partial charge in [-0.3, -0.25) is 14.3 Å². The summed E-state index contributed by atoms with van der Waals surface area (Å²) in [5.74, 6) is -1.78. The van der Waals surface area contributed by atoms with Crippen molar-refractivity contribution in [1.82, 2.24) is 10.3 Å². The highest BCUT2D eigenvalue weighted by Crippen LogP contribution is 2.19. The van der Waals surface area contributed by atoms with Crippen LogP contribution in [0.2, 0.25) is 0 Å². The molecule has 0 aliphatic rings. The first-order chi connectivity index (χ1) is 12.8. The lowest BCUT2D eigenvalue weighted by molar-refractivity contribution is -0.141. The van der Waals surface area contributed by atoms with Crippen molar-refractivity contribution in [1.29, 1.82) is 0 Å². The second-order valence-corrected chi connectivity index (χ2v) is 7.86. The normalized spacial score (nSPS) is 12.3. The van der Waals surface area contributed by atoms with Crippen LogP contribution in [-0.2, 0) is 19.6 Å². The Balaban J connectivity index is 1.98. The molecule has 10 nitrogen and oxygen atoms in total. The first-order valence-electron chi connectivity index (χ1n) is 7.71. The Labute approximate surface area is 159 Å². The minimum Gasteiger partial charge on any atom is -0.480 e. The van der Waals surface area contributed by atoms with E-state index in [-0.39, 0.29) is 29.6 Å². The monoisotopic (exact) mass is 414 g/mol. The molecule has 0 fully saturated rings. The van der Waals surface area contributed by atoms with Crippen LogP contribution < -0.4 is 15.4 Å². The number of aliphatic hydroxyl groups excluding tert-OH is 1. The predicted octanol–water partition coefficient (Wildman–Crippen LogP) is 0.308. The Morgan fingerprint density at radius 1 is 1.22 bits per heavy atom. The highest BCUT2D eigenvalue weighted by Gasteiger charge is 2.21. The molecule has 0 spiro atoms. The molecule has 1 amide bonds. The van der Waals surface area contributed by atoms with E-state index < -0.39 is 27.9 Å². The average molecular weight is 414 g/mol. The fraction of sp³-hybridized carbons (Fsp3) is 0.267. The van der Waals surface area contributed by atoms with Crippen LogP contribution in [0, 0.1) is 0 Å². The molecule has 1 aromatic heterocycles. The number of amides is 1. The number of hydrogen-bond acceptors (Lipinski definition) is 8. The van der Waals surface area contributed by atoms with Crippen molar-refractivity contribution in [2.24, 2.45) is 0 Å². The third-order valence-corrected chi connectivity index (χ3v) is 5.47. The first kappa shape index (κ1) is 20.8. The van der Waals surface area contributed by atoms with Crippen LogP contribution in [0.25, 0.3) is 0 Å². The van der Waals surface area contributed by atoms with E-state index >= 15 is 0 Å². The number of rotatable bonds is 10. The number of thiazole rings is 1. The van der Waals surface area contributed by atoms with Crippen molar-refractivity contribution in [3.05, 3.63) is 35.8 Å². The molecule has 1 aromatic carbocycles. The van der Waals surface area contributed by atoms with Crippen LogP contribution in [0.1, 0.15) is 6.42 Å². The zero-order valence-corrected chi connectivity index (χ0v) is 15.6. The Morgan fingerprint density at radius 2 is 1.93 bits per heavy atom. The van der Waals surface area contributed by atoms with Crippen LogP contribution in [0.5, 0.6) is 0 Å². The van der Waals surface area contributed by atoms with Gasteiger partial charge in [0.2, 0.25) is 5.91 Å². The van der Waals surface area contributed by atoms with Gasteiger partial charge in [-0.05, 0) is 24.3 Å². The van der Waals surface area contributed by atoms with Crippen LogP contribution in [0.4, 0.5) is 10.8 Å². The summed E-state index contributed by atoms with van der Waals surface area (Å²) < 4.78 is 26.8. The van der Waals surface area contributed by atoms with E-state index in [0.717, 1.165) is 11.3 Å². The fourth-order valence-electron chi connectivity index (χ4n) is 2.05. The van der Waals surface area contributed by atoms with Gasteiger partial charge in [-0.2, -0.15) is 0 Å². The maximum atomic E-state index is 12.2. The van der Waals surface area contributed by atoms with Crippen molar-refractivity contribution < 1.29 is 28.2 Å².